The van der Waals surface area contributed by atoms with Gasteiger partial charge in [0.25, 0.3) is 5.69 Å². The first-order valence-corrected chi connectivity index (χ1v) is 8.50. The van der Waals surface area contributed by atoms with Gasteiger partial charge < -0.3 is 10.1 Å². The predicted octanol–water partition coefficient (Wildman–Crippen LogP) is 1.34. The van der Waals surface area contributed by atoms with Crippen molar-refractivity contribution >= 4 is 17.6 Å². The van der Waals surface area contributed by atoms with Crippen molar-refractivity contribution in [2.24, 2.45) is 0 Å². The number of amides is 1. The standard InChI is InChI=1S/C19H19N3O5/c23-18(20-11-14-4-2-1-3-5-14)17-12-27-19(24)16(21-17)10-13-6-8-15(9-7-13)22(25)26/h1-9,16-17,21H,10-12H2,(H,20,23). The summed E-state index contributed by atoms with van der Waals surface area (Å²) < 4.78 is 5.14. The number of morpholine rings is 1. The van der Waals surface area contributed by atoms with Crippen LogP contribution in [0.15, 0.2) is 54.6 Å². The highest BCUT2D eigenvalue weighted by Gasteiger charge is 2.33. The van der Waals surface area contributed by atoms with Crippen molar-refractivity contribution in [2.45, 2.75) is 25.0 Å². The number of carbonyl (C=O) groups excluding carboxylic acids is 2. The Kier molecular flexibility index (Phi) is 5.77. The Balaban J connectivity index is 1.57. The van der Waals surface area contributed by atoms with Gasteiger partial charge in [-0.15, -0.1) is 0 Å². The van der Waals surface area contributed by atoms with Crippen molar-refractivity contribution in [3.8, 4) is 0 Å². The van der Waals surface area contributed by atoms with Gasteiger partial charge in [0, 0.05) is 18.7 Å². The molecule has 2 aromatic carbocycles. The number of benzene rings is 2. The molecular formula is C19H19N3O5. The van der Waals surface area contributed by atoms with Crippen molar-refractivity contribution in [2.75, 3.05) is 6.61 Å². The molecule has 2 N–H and O–H groups in total. The van der Waals surface area contributed by atoms with Gasteiger partial charge in [-0.3, -0.25) is 25.0 Å². The van der Waals surface area contributed by atoms with Crippen LogP contribution in [0, 0.1) is 10.1 Å². The molecule has 2 unspecified atom stereocenters. The van der Waals surface area contributed by atoms with E-state index in [2.05, 4.69) is 10.6 Å². The summed E-state index contributed by atoms with van der Waals surface area (Å²) >= 11 is 0. The Morgan fingerprint density at radius 1 is 1.15 bits per heavy atom. The minimum Gasteiger partial charge on any atom is -0.462 e. The Labute approximate surface area is 155 Å². The Bertz CT molecular complexity index is 823. The number of hydrogen-bond donors (Lipinski definition) is 2. The van der Waals surface area contributed by atoms with Crippen LogP contribution in [0.5, 0.6) is 0 Å². The quantitative estimate of drug-likeness (QED) is 0.452. The fourth-order valence-electron chi connectivity index (χ4n) is 2.82. The molecule has 0 saturated carbocycles. The van der Waals surface area contributed by atoms with Gasteiger partial charge in [-0.2, -0.15) is 0 Å². The average Bonchev–Trinajstić information content (AvgIpc) is 2.69. The van der Waals surface area contributed by atoms with Gasteiger partial charge in [0.15, 0.2) is 0 Å². The van der Waals surface area contributed by atoms with Crippen LogP contribution in [0.25, 0.3) is 0 Å². The summed E-state index contributed by atoms with van der Waals surface area (Å²) in [5.41, 5.74) is 1.69. The second-order valence-corrected chi connectivity index (χ2v) is 6.23. The van der Waals surface area contributed by atoms with Crippen molar-refractivity contribution in [1.29, 1.82) is 0 Å². The number of esters is 1. The third-order valence-corrected chi connectivity index (χ3v) is 4.29. The van der Waals surface area contributed by atoms with E-state index in [9.17, 15) is 19.7 Å². The van der Waals surface area contributed by atoms with Gasteiger partial charge in [-0.25, -0.2) is 0 Å². The molecule has 2 aromatic rings. The largest absolute Gasteiger partial charge is 0.462 e. The number of carbonyl (C=O) groups is 2. The van der Waals surface area contributed by atoms with E-state index in [1.165, 1.54) is 12.1 Å². The summed E-state index contributed by atoms with van der Waals surface area (Å²) in [5, 5.41) is 16.5. The Morgan fingerprint density at radius 2 is 1.85 bits per heavy atom. The number of nitro benzene ring substituents is 1. The van der Waals surface area contributed by atoms with Crippen LogP contribution in [-0.2, 0) is 27.3 Å². The Hall–Kier alpha value is -3.26. The molecule has 0 radical (unpaired) electrons. The van der Waals surface area contributed by atoms with Crippen LogP contribution in [0.1, 0.15) is 11.1 Å². The number of ether oxygens (including phenoxy) is 1. The maximum Gasteiger partial charge on any atom is 0.323 e. The third-order valence-electron chi connectivity index (χ3n) is 4.29. The molecule has 1 fully saturated rings. The molecule has 1 heterocycles. The molecule has 1 amide bonds. The average molecular weight is 369 g/mol. The number of rotatable bonds is 6. The molecule has 0 spiro atoms. The van der Waals surface area contributed by atoms with Crippen LogP contribution in [0.4, 0.5) is 5.69 Å². The van der Waals surface area contributed by atoms with E-state index in [0.29, 0.717) is 6.54 Å². The number of cyclic esters (lactones) is 1. The molecule has 0 bridgehead atoms. The molecule has 0 aromatic heterocycles. The number of nitro groups is 1. The van der Waals surface area contributed by atoms with Gasteiger partial charge in [0.2, 0.25) is 5.91 Å². The first-order valence-electron chi connectivity index (χ1n) is 8.50. The molecule has 1 aliphatic heterocycles. The SMILES string of the molecule is O=C(NCc1ccccc1)C1COC(=O)C(Cc2ccc([N+](=O)[O-])cc2)N1. The summed E-state index contributed by atoms with van der Waals surface area (Å²) in [6.07, 6.45) is 0.277. The molecule has 8 nitrogen and oxygen atoms in total. The first-order chi connectivity index (χ1) is 13.0. The normalized spacial score (nSPS) is 19.2. The number of nitrogens with zero attached hydrogens (tertiary/aromatic N) is 1. The lowest BCUT2D eigenvalue weighted by atomic mass is 10.0. The highest BCUT2D eigenvalue weighted by atomic mass is 16.6. The maximum atomic E-state index is 12.4. The van der Waals surface area contributed by atoms with Gasteiger partial charge in [-0.05, 0) is 17.5 Å². The van der Waals surface area contributed by atoms with Gasteiger partial charge in [0.1, 0.15) is 18.7 Å². The molecule has 0 aliphatic carbocycles. The Morgan fingerprint density at radius 3 is 2.52 bits per heavy atom. The summed E-state index contributed by atoms with van der Waals surface area (Å²) in [6.45, 7) is 0.356. The van der Waals surface area contributed by atoms with Crippen molar-refractivity contribution < 1.29 is 19.2 Å². The number of hydrogen-bond acceptors (Lipinski definition) is 6. The molecule has 140 valence electrons. The van der Waals surface area contributed by atoms with E-state index < -0.39 is 23.0 Å². The van der Waals surface area contributed by atoms with Crippen LogP contribution in [-0.4, -0.2) is 35.5 Å². The van der Waals surface area contributed by atoms with Gasteiger partial charge in [0.05, 0.1) is 4.92 Å². The number of non-ortho nitro benzene ring substituents is 1. The summed E-state index contributed by atoms with van der Waals surface area (Å²) in [6, 6.07) is 14.1. The minimum atomic E-state index is -0.687. The third kappa shape index (κ3) is 4.89. The molecule has 2 atom stereocenters. The second kappa shape index (κ2) is 8.41. The number of nitrogens with one attached hydrogen (secondary N) is 2. The molecule has 27 heavy (non-hydrogen) atoms. The maximum absolute atomic E-state index is 12.4. The fraction of sp³-hybridized carbons (Fsp3) is 0.263. The van der Waals surface area contributed by atoms with Crippen LogP contribution in [0.3, 0.4) is 0 Å². The lowest BCUT2D eigenvalue weighted by molar-refractivity contribution is -0.384. The van der Waals surface area contributed by atoms with Crippen molar-refractivity contribution in [1.82, 2.24) is 10.6 Å². The summed E-state index contributed by atoms with van der Waals surface area (Å²) in [7, 11) is 0. The lowest BCUT2D eigenvalue weighted by Crippen LogP contribution is -2.58. The van der Waals surface area contributed by atoms with E-state index >= 15 is 0 Å². The van der Waals surface area contributed by atoms with E-state index in [-0.39, 0.29) is 24.6 Å². The zero-order valence-corrected chi connectivity index (χ0v) is 14.5. The summed E-state index contributed by atoms with van der Waals surface area (Å²) in [4.78, 5) is 34.6. The minimum absolute atomic E-state index is 0.0175. The zero-order valence-electron chi connectivity index (χ0n) is 14.5. The van der Waals surface area contributed by atoms with E-state index in [4.69, 9.17) is 4.74 Å². The zero-order chi connectivity index (χ0) is 19.2. The molecular weight excluding hydrogens is 350 g/mol. The predicted molar refractivity (Wildman–Crippen MR) is 96.8 cm³/mol. The van der Waals surface area contributed by atoms with E-state index in [1.54, 1.807) is 12.1 Å². The second-order valence-electron chi connectivity index (χ2n) is 6.23. The first kappa shape index (κ1) is 18.5. The smallest absolute Gasteiger partial charge is 0.323 e. The topological polar surface area (TPSA) is 111 Å². The van der Waals surface area contributed by atoms with Crippen LogP contribution >= 0.6 is 0 Å². The van der Waals surface area contributed by atoms with Gasteiger partial charge >= 0.3 is 5.97 Å². The van der Waals surface area contributed by atoms with E-state index in [1.807, 2.05) is 30.3 Å². The monoisotopic (exact) mass is 369 g/mol. The fourth-order valence-corrected chi connectivity index (χ4v) is 2.82. The highest BCUT2D eigenvalue weighted by molar-refractivity contribution is 5.85. The van der Waals surface area contributed by atoms with Crippen LogP contribution < -0.4 is 10.6 Å². The summed E-state index contributed by atoms with van der Waals surface area (Å²) in [5.74, 6) is -0.694. The van der Waals surface area contributed by atoms with Gasteiger partial charge in [-0.1, -0.05) is 42.5 Å². The van der Waals surface area contributed by atoms with Crippen molar-refractivity contribution in [3.05, 3.63) is 75.8 Å². The van der Waals surface area contributed by atoms with Crippen molar-refractivity contribution in [3.63, 3.8) is 0 Å². The van der Waals surface area contributed by atoms with Crippen LogP contribution in [0.2, 0.25) is 0 Å². The molecule has 1 saturated heterocycles. The highest BCUT2D eigenvalue weighted by Crippen LogP contribution is 2.15. The molecule has 8 heteroatoms. The lowest BCUT2D eigenvalue weighted by Gasteiger charge is -2.29. The molecule has 1 aliphatic rings. The van der Waals surface area contributed by atoms with E-state index in [0.717, 1.165) is 11.1 Å². The molecule has 3 rings (SSSR count).